The number of carbonyl (C=O) groups excluding carboxylic acids is 1. The van der Waals surface area contributed by atoms with E-state index in [1.54, 1.807) is 0 Å². The zero-order chi connectivity index (χ0) is 11.5. The lowest BCUT2D eigenvalue weighted by molar-refractivity contribution is -0.150. The molecule has 0 bridgehead atoms. The summed E-state index contributed by atoms with van der Waals surface area (Å²) in [6.45, 7) is 1.88. The fraction of sp³-hybridized carbons (Fsp3) is 0.800. The molecule has 1 N–H and O–H groups in total. The summed E-state index contributed by atoms with van der Waals surface area (Å²) in [7, 11) is 0. The lowest BCUT2D eigenvalue weighted by atomic mass is 10.1. The fourth-order valence-electron chi connectivity index (χ4n) is 1.65. The van der Waals surface area contributed by atoms with E-state index in [2.05, 4.69) is 0 Å². The zero-order valence-electron chi connectivity index (χ0n) is 8.83. The molecular weight excluding hydrogens is 201 g/mol. The number of likely N-dealkylation sites (tertiary alicyclic amines) is 1. The maximum atomic E-state index is 13.6. The van der Waals surface area contributed by atoms with Crippen LogP contribution >= 0.6 is 0 Å². The third kappa shape index (κ3) is 2.67. The number of carbonyl (C=O) groups is 2. The van der Waals surface area contributed by atoms with E-state index in [0.29, 0.717) is 6.42 Å². The van der Waals surface area contributed by atoms with Crippen LogP contribution in [0.1, 0.15) is 32.6 Å². The van der Waals surface area contributed by atoms with Gasteiger partial charge in [-0.1, -0.05) is 13.3 Å². The van der Waals surface area contributed by atoms with Gasteiger partial charge in [-0.15, -0.1) is 0 Å². The van der Waals surface area contributed by atoms with Crippen LogP contribution in [-0.2, 0) is 9.59 Å². The molecular formula is C10H16FNO3. The Bertz CT molecular complexity index is 269. The van der Waals surface area contributed by atoms with E-state index in [4.69, 9.17) is 5.11 Å². The highest BCUT2D eigenvalue weighted by Crippen LogP contribution is 2.26. The summed E-state index contributed by atoms with van der Waals surface area (Å²) in [6.07, 6.45) is 1.95. The first kappa shape index (κ1) is 11.9. The van der Waals surface area contributed by atoms with E-state index in [9.17, 15) is 14.0 Å². The SMILES string of the molecule is CCCCC(=O)N1CCC(F)(C(=O)O)C1. The third-order valence-electron chi connectivity index (χ3n) is 2.70. The number of rotatable bonds is 4. The minimum Gasteiger partial charge on any atom is -0.479 e. The predicted octanol–water partition coefficient (Wildman–Crippen LogP) is 1.20. The Morgan fingerprint density at radius 2 is 2.20 bits per heavy atom. The quantitative estimate of drug-likeness (QED) is 0.769. The van der Waals surface area contributed by atoms with Gasteiger partial charge in [-0.2, -0.15) is 0 Å². The van der Waals surface area contributed by atoms with E-state index >= 15 is 0 Å². The molecule has 0 aromatic carbocycles. The van der Waals surface area contributed by atoms with Crippen molar-refractivity contribution in [2.75, 3.05) is 13.1 Å². The first-order chi connectivity index (χ1) is 6.99. The summed E-state index contributed by atoms with van der Waals surface area (Å²) in [4.78, 5) is 23.4. The van der Waals surface area contributed by atoms with Gasteiger partial charge >= 0.3 is 5.97 Å². The molecule has 86 valence electrons. The molecule has 1 atom stereocenters. The van der Waals surface area contributed by atoms with Crippen molar-refractivity contribution in [2.45, 2.75) is 38.3 Å². The topological polar surface area (TPSA) is 57.6 Å². The van der Waals surface area contributed by atoms with Crippen molar-refractivity contribution in [2.24, 2.45) is 0 Å². The molecule has 1 aliphatic rings. The molecule has 0 radical (unpaired) electrons. The van der Waals surface area contributed by atoms with Crippen molar-refractivity contribution in [3.8, 4) is 0 Å². The average molecular weight is 217 g/mol. The van der Waals surface area contributed by atoms with Crippen LogP contribution in [0.25, 0.3) is 0 Å². The average Bonchev–Trinajstić information content (AvgIpc) is 2.59. The molecule has 1 aliphatic heterocycles. The molecule has 1 amide bonds. The highest BCUT2D eigenvalue weighted by molar-refractivity contribution is 5.82. The van der Waals surface area contributed by atoms with Crippen molar-refractivity contribution >= 4 is 11.9 Å². The Morgan fingerprint density at radius 3 is 2.67 bits per heavy atom. The molecule has 1 fully saturated rings. The van der Waals surface area contributed by atoms with Gasteiger partial charge < -0.3 is 10.0 Å². The van der Waals surface area contributed by atoms with Crippen LogP contribution in [-0.4, -0.2) is 40.6 Å². The number of aliphatic carboxylic acids is 1. The van der Waals surface area contributed by atoms with Gasteiger partial charge in [0, 0.05) is 19.4 Å². The number of carboxylic acid groups (broad SMARTS) is 1. The molecule has 0 spiro atoms. The minimum absolute atomic E-state index is 0.0970. The minimum atomic E-state index is -2.23. The van der Waals surface area contributed by atoms with E-state index in [1.165, 1.54) is 4.90 Å². The molecule has 0 aromatic heterocycles. The van der Waals surface area contributed by atoms with E-state index in [1.807, 2.05) is 6.92 Å². The Morgan fingerprint density at radius 1 is 1.53 bits per heavy atom. The number of amides is 1. The van der Waals surface area contributed by atoms with E-state index in [0.717, 1.165) is 12.8 Å². The molecule has 1 unspecified atom stereocenters. The number of nitrogens with zero attached hydrogens (tertiary/aromatic N) is 1. The first-order valence-electron chi connectivity index (χ1n) is 5.19. The van der Waals surface area contributed by atoms with Crippen molar-refractivity contribution in [1.82, 2.24) is 4.90 Å². The molecule has 0 saturated carbocycles. The second-order valence-electron chi connectivity index (χ2n) is 3.94. The second-order valence-corrected chi connectivity index (χ2v) is 3.94. The summed E-state index contributed by atoms with van der Waals surface area (Å²) in [5.41, 5.74) is -2.23. The monoisotopic (exact) mass is 217 g/mol. The molecule has 15 heavy (non-hydrogen) atoms. The fourth-order valence-corrected chi connectivity index (χ4v) is 1.65. The summed E-state index contributed by atoms with van der Waals surface area (Å²) in [6, 6.07) is 0. The van der Waals surface area contributed by atoms with Crippen molar-refractivity contribution < 1.29 is 19.1 Å². The normalized spacial score (nSPS) is 25.6. The number of alkyl halides is 1. The van der Waals surface area contributed by atoms with Crippen LogP contribution in [0.5, 0.6) is 0 Å². The summed E-state index contributed by atoms with van der Waals surface area (Å²) in [5.74, 6) is -1.61. The lowest BCUT2D eigenvalue weighted by Crippen LogP contribution is -2.38. The Labute approximate surface area is 88.1 Å². The van der Waals surface area contributed by atoms with Crippen LogP contribution in [0.2, 0.25) is 0 Å². The van der Waals surface area contributed by atoms with Crippen molar-refractivity contribution in [3.05, 3.63) is 0 Å². The Hall–Kier alpha value is -1.13. The van der Waals surface area contributed by atoms with Gasteiger partial charge in [0.15, 0.2) is 0 Å². The number of hydrogen-bond donors (Lipinski definition) is 1. The smallest absolute Gasteiger partial charge is 0.343 e. The van der Waals surface area contributed by atoms with Gasteiger partial charge in [0.1, 0.15) is 0 Å². The van der Waals surface area contributed by atoms with Crippen LogP contribution in [0.4, 0.5) is 4.39 Å². The molecule has 1 rings (SSSR count). The maximum Gasteiger partial charge on any atom is 0.343 e. The molecule has 5 heteroatoms. The standard InChI is InChI=1S/C10H16FNO3/c1-2-3-4-8(13)12-6-5-10(11,7-12)9(14)15/h2-7H2,1H3,(H,14,15). The molecule has 1 heterocycles. The highest BCUT2D eigenvalue weighted by Gasteiger charge is 2.46. The largest absolute Gasteiger partial charge is 0.479 e. The zero-order valence-corrected chi connectivity index (χ0v) is 8.83. The second kappa shape index (κ2) is 4.59. The number of halogens is 1. The molecule has 0 aliphatic carbocycles. The van der Waals surface area contributed by atoms with Crippen molar-refractivity contribution in [3.63, 3.8) is 0 Å². The summed E-state index contributed by atoms with van der Waals surface area (Å²) < 4.78 is 13.6. The van der Waals surface area contributed by atoms with Crippen LogP contribution in [0, 0.1) is 0 Å². The molecule has 1 saturated heterocycles. The Balaban J connectivity index is 2.49. The van der Waals surface area contributed by atoms with Gasteiger partial charge in [0.2, 0.25) is 11.6 Å². The van der Waals surface area contributed by atoms with Gasteiger partial charge in [0.05, 0.1) is 6.54 Å². The third-order valence-corrected chi connectivity index (χ3v) is 2.70. The number of unbranched alkanes of at least 4 members (excludes halogenated alkanes) is 1. The van der Waals surface area contributed by atoms with Crippen LogP contribution in [0.15, 0.2) is 0 Å². The highest BCUT2D eigenvalue weighted by atomic mass is 19.1. The van der Waals surface area contributed by atoms with Gasteiger partial charge in [-0.05, 0) is 6.42 Å². The van der Waals surface area contributed by atoms with E-state index < -0.39 is 11.6 Å². The van der Waals surface area contributed by atoms with Gasteiger partial charge in [-0.3, -0.25) is 4.79 Å². The number of hydrogen-bond acceptors (Lipinski definition) is 2. The summed E-state index contributed by atoms with van der Waals surface area (Å²) in [5, 5.41) is 8.64. The van der Waals surface area contributed by atoms with Gasteiger partial charge in [-0.25, -0.2) is 9.18 Å². The first-order valence-corrected chi connectivity index (χ1v) is 5.19. The van der Waals surface area contributed by atoms with Gasteiger partial charge in [0.25, 0.3) is 0 Å². The predicted molar refractivity (Wildman–Crippen MR) is 52.2 cm³/mol. The Kier molecular flexibility index (Phi) is 3.66. The summed E-state index contributed by atoms with van der Waals surface area (Å²) >= 11 is 0. The van der Waals surface area contributed by atoms with E-state index in [-0.39, 0.29) is 25.4 Å². The number of carboxylic acids is 1. The van der Waals surface area contributed by atoms with Crippen molar-refractivity contribution in [1.29, 1.82) is 0 Å². The molecule has 4 nitrogen and oxygen atoms in total. The maximum absolute atomic E-state index is 13.6. The van der Waals surface area contributed by atoms with Crippen LogP contribution in [0.3, 0.4) is 0 Å². The molecule has 0 aromatic rings. The lowest BCUT2D eigenvalue weighted by Gasteiger charge is -2.17. The van der Waals surface area contributed by atoms with Crippen LogP contribution < -0.4 is 0 Å².